The summed E-state index contributed by atoms with van der Waals surface area (Å²) in [6.07, 6.45) is 0. The largest absolute Gasteiger partial charge is 0.496 e. The third-order valence-corrected chi connectivity index (χ3v) is 6.10. The molecule has 3 aromatic carbocycles. The van der Waals surface area contributed by atoms with Gasteiger partial charge < -0.3 is 10.1 Å². The fourth-order valence-corrected chi connectivity index (χ4v) is 4.26. The van der Waals surface area contributed by atoms with E-state index >= 15 is 0 Å². The minimum Gasteiger partial charge on any atom is -0.496 e. The minimum absolute atomic E-state index is 0.0914. The number of hydrogen-bond acceptors (Lipinski definition) is 4. The summed E-state index contributed by atoms with van der Waals surface area (Å²) in [5.74, 6) is 0.235. The van der Waals surface area contributed by atoms with E-state index in [-0.39, 0.29) is 28.1 Å². The lowest BCUT2D eigenvalue weighted by molar-refractivity contribution is 0.0941. The normalized spacial score (nSPS) is 12.1. The second kappa shape index (κ2) is 9.00. The molecule has 0 saturated heterocycles. The van der Waals surface area contributed by atoms with Crippen molar-refractivity contribution in [3.63, 3.8) is 0 Å². The summed E-state index contributed by atoms with van der Waals surface area (Å²) in [5, 5.41) is 2.91. The number of amides is 1. The van der Waals surface area contributed by atoms with E-state index in [0.717, 1.165) is 5.56 Å². The molecule has 1 atom stereocenters. The number of carbonyl (C=O) groups excluding carboxylic acids is 1. The van der Waals surface area contributed by atoms with Crippen LogP contribution in [-0.4, -0.2) is 21.4 Å². The molecule has 7 heteroatoms. The standard InChI is InChI=1S/C23H24N2O4S/c1-16-15-19(13-14-22(16)29-3)30(27,28)25-21-12-8-7-11-20(21)23(26)24-17(2)18-9-5-4-6-10-18/h4-15,17,25H,1-3H3,(H,24,26)/t17-/m1/s1. The van der Waals surface area contributed by atoms with Crippen LogP contribution in [0.5, 0.6) is 5.75 Å². The van der Waals surface area contributed by atoms with Gasteiger partial charge in [-0.1, -0.05) is 42.5 Å². The molecule has 1 amide bonds. The molecule has 0 aromatic heterocycles. The van der Waals surface area contributed by atoms with Crippen molar-refractivity contribution in [1.82, 2.24) is 5.32 Å². The number of anilines is 1. The Bertz CT molecular complexity index is 1140. The second-order valence-electron chi connectivity index (χ2n) is 6.89. The molecule has 3 rings (SSSR count). The molecule has 0 saturated carbocycles. The molecule has 0 fully saturated rings. The van der Waals surface area contributed by atoms with Gasteiger partial charge in [-0.2, -0.15) is 0 Å². The van der Waals surface area contributed by atoms with Crippen LogP contribution in [0.25, 0.3) is 0 Å². The number of hydrogen-bond donors (Lipinski definition) is 2. The summed E-state index contributed by atoms with van der Waals surface area (Å²) in [5.41, 5.74) is 2.11. The first-order chi connectivity index (χ1) is 14.3. The number of para-hydroxylation sites is 1. The van der Waals surface area contributed by atoms with Crippen molar-refractivity contribution in [2.75, 3.05) is 11.8 Å². The highest BCUT2D eigenvalue weighted by Crippen LogP contribution is 2.25. The summed E-state index contributed by atoms with van der Waals surface area (Å²) in [4.78, 5) is 12.9. The smallest absolute Gasteiger partial charge is 0.261 e. The molecule has 3 aromatic rings. The average Bonchev–Trinajstić information content (AvgIpc) is 2.74. The molecule has 0 radical (unpaired) electrons. The molecule has 2 N–H and O–H groups in total. The highest BCUT2D eigenvalue weighted by molar-refractivity contribution is 7.92. The first-order valence-corrected chi connectivity index (χ1v) is 10.9. The van der Waals surface area contributed by atoms with Crippen LogP contribution in [-0.2, 0) is 10.0 Å². The molecule has 0 aliphatic rings. The average molecular weight is 425 g/mol. The third-order valence-electron chi connectivity index (χ3n) is 4.74. The Morgan fingerprint density at radius 3 is 2.30 bits per heavy atom. The molecule has 0 unspecified atom stereocenters. The molecule has 30 heavy (non-hydrogen) atoms. The van der Waals surface area contributed by atoms with Crippen molar-refractivity contribution in [3.8, 4) is 5.75 Å². The highest BCUT2D eigenvalue weighted by atomic mass is 32.2. The first kappa shape index (κ1) is 21.4. The van der Waals surface area contributed by atoms with Crippen LogP contribution in [0.3, 0.4) is 0 Å². The Hall–Kier alpha value is -3.32. The summed E-state index contributed by atoms with van der Waals surface area (Å²) < 4.78 is 33.5. The van der Waals surface area contributed by atoms with Gasteiger partial charge in [-0.3, -0.25) is 9.52 Å². The van der Waals surface area contributed by atoms with Gasteiger partial charge >= 0.3 is 0 Å². The summed E-state index contributed by atoms with van der Waals surface area (Å²) >= 11 is 0. The van der Waals surface area contributed by atoms with Gasteiger partial charge in [0.2, 0.25) is 0 Å². The van der Waals surface area contributed by atoms with Gasteiger partial charge in [0, 0.05) is 0 Å². The Morgan fingerprint density at radius 1 is 0.967 bits per heavy atom. The van der Waals surface area contributed by atoms with Crippen LogP contribution in [0.2, 0.25) is 0 Å². The van der Waals surface area contributed by atoms with E-state index in [9.17, 15) is 13.2 Å². The lowest BCUT2D eigenvalue weighted by atomic mass is 10.1. The second-order valence-corrected chi connectivity index (χ2v) is 8.57. The number of rotatable bonds is 7. The zero-order valence-corrected chi connectivity index (χ0v) is 17.9. The first-order valence-electron chi connectivity index (χ1n) is 9.44. The lowest BCUT2D eigenvalue weighted by Gasteiger charge is -2.17. The monoisotopic (exact) mass is 424 g/mol. The van der Waals surface area contributed by atoms with Crippen molar-refractivity contribution in [2.24, 2.45) is 0 Å². The van der Waals surface area contributed by atoms with Gasteiger partial charge in [-0.05, 0) is 55.3 Å². The van der Waals surface area contributed by atoms with E-state index in [2.05, 4.69) is 10.0 Å². The molecule has 156 valence electrons. The van der Waals surface area contributed by atoms with Crippen molar-refractivity contribution in [2.45, 2.75) is 24.8 Å². The van der Waals surface area contributed by atoms with Gasteiger partial charge in [0.15, 0.2) is 0 Å². The number of nitrogens with one attached hydrogen (secondary N) is 2. The number of aryl methyl sites for hydroxylation is 1. The van der Waals surface area contributed by atoms with Crippen molar-refractivity contribution in [1.29, 1.82) is 0 Å². The number of methoxy groups -OCH3 is 1. The molecule has 0 spiro atoms. The minimum atomic E-state index is -3.88. The molecule has 0 heterocycles. The predicted octanol–water partition coefficient (Wildman–Crippen LogP) is 4.30. The van der Waals surface area contributed by atoms with Crippen molar-refractivity contribution < 1.29 is 17.9 Å². The SMILES string of the molecule is COc1ccc(S(=O)(=O)Nc2ccccc2C(=O)N[C@H](C)c2ccccc2)cc1C. The van der Waals surface area contributed by atoms with Gasteiger partial charge in [-0.15, -0.1) is 0 Å². The van der Waals surface area contributed by atoms with E-state index in [0.29, 0.717) is 11.3 Å². The van der Waals surface area contributed by atoms with Gasteiger partial charge in [0.25, 0.3) is 15.9 Å². The maximum atomic E-state index is 12.9. The zero-order chi connectivity index (χ0) is 21.7. The summed E-state index contributed by atoms with van der Waals surface area (Å²) in [6.45, 7) is 3.64. The predicted molar refractivity (Wildman–Crippen MR) is 117 cm³/mol. The van der Waals surface area contributed by atoms with Crippen molar-refractivity contribution in [3.05, 3.63) is 89.5 Å². The van der Waals surface area contributed by atoms with Crippen molar-refractivity contribution >= 4 is 21.6 Å². The number of benzene rings is 3. The van der Waals surface area contributed by atoms with E-state index in [4.69, 9.17) is 4.74 Å². The third kappa shape index (κ3) is 4.80. The molecular weight excluding hydrogens is 400 g/mol. The van der Waals surface area contributed by atoms with Gasteiger partial charge in [0.1, 0.15) is 5.75 Å². The van der Waals surface area contributed by atoms with Gasteiger partial charge in [-0.25, -0.2) is 8.42 Å². The molecule has 0 bridgehead atoms. The van der Waals surface area contributed by atoms with Crippen LogP contribution in [0.4, 0.5) is 5.69 Å². The molecule has 0 aliphatic carbocycles. The Balaban J connectivity index is 1.84. The summed E-state index contributed by atoms with van der Waals surface area (Å²) in [7, 11) is -2.36. The van der Waals surface area contributed by atoms with E-state index in [1.807, 2.05) is 37.3 Å². The lowest BCUT2D eigenvalue weighted by Crippen LogP contribution is -2.28. The van der Waals surface area contributed by atoms with E-state index < -0.39 is 10.0 Å². The topological polar surface area (TPSA) is 84.5 Å². The quantitative estimate of drug-likeness (QED) is 0.592. The van der Waals surface area contributed by atoms with Crippen LogP contribution >= 0.6 is 0 Å². The van der Waals surface area contributed by atoms with Crippen LogP contribution < -0.4 is 14.8 Å². The molecule has 0 aliphatic heterocycles. The zero-order valence-electron chi connectivity index (χ0n) is 17.0. The number of carbonyl (C=O) groups is 1. The van der Waals surface area contributed by atoms with Gasteiger partial charge in [0.05, 0.1) is 29.3 Å². The Kier molecular flexibility index (Phi) is 6.42. The fraction of sp³-hybridized carbons (Fsp3) is 0.174. The number of ether oxygens (including phenoxy) is 1. The molecule has 6 nitrogen and oxygen atoms in total. The van der Waals surface area contributed by atoms with E-state index in [1.54, 1.807) is 37.3 Å². The van der Waals surface area contributed by atoms with Crippen LogP contribution in [0, 0.1) is 6.92 Å². The fourth-order valence-electron chi connectivity index (χ4n) is 3.09. The Morgan fingerprint density at radius 2 is 1.63 bits per heavy atom. The maximum Gasteiger partial charge on any atom is 0.261 e. The Labute approximate surface area is 177 Å². The van der Waals surface area contributed by atoms with Crippen LogP contribution in [0.1, 0.15) is 34.5 Å². The molecular formula is C23H24N2O4S. The maximum absolute atomic E-state index is 12.9. The highest BCUT2D eigenvalue weighted by Gasteiger charge is 2.20. The van der Waals surface area contributed by atoms with Crippen LogP contribution in [0.15, 0.2) is 77.7 Å². The number of sulfonamides is 1. The van der Waals surface area contributed by atoms with E-state index in [1.165, 1.54) is 19.2 Å². The summed E-state index contributed by atoms with van der Waals surface area (Å²) in [6, 6.07) is 20.4.